The molecule has 12 heavy (non-hydrogen) atoms. The van der Waals surface area contributed by atoms with Crippen LogP contribution >= 0.6 is 0 Å². The first-order valence-electron chi connectivity index (χ1n) is 4.84. The maximum Gasteiger partial charge on any atom is 0.115 e. The number of nitrogens with zero attached hydrogens (tertiary/aromatic N) is 1. The Bertz CT molecular complexity index is 122. The number of piperidine rings is 1. The minimum atomic E-state index is -0.774. The van der Waals surface area contributed by atoms with Crippen LogP contribution in [0.25, 0.3) is 0 Å². The summed E-state index contributed by atoms with van der Waals surface area (Å²) in [6.07, 6.45) is 1.18. The normalized spacial score (nSPS) is 24.2. The molecule has 0 aromatic carbocycles. The zero-order valence-electron chi connectivity index (χ0n) is 7.80. The number of likely N-dealkylation sites (tertiary alicyclic amines) is 1. The smallest absolute Gasteiger partial charge is 0.115 e. The molecule has 1 saturated heterocycles. The zero-order chi connectivity index (χ0) is 8.97. The van der Waals surface area contributed by atoms with E-state index in [2.05, 4.69) is 11.8 Å². The summed E-state index contributed by atoms with van der Waals surface area (Å²) in [5.41, 5.74) is 5.28. The molecule has 1 rings (SSSR count). The Labute approximate surface area is 73.9 Å². The van der Waals surface area contributed by atoms with Crippen LogP contribution in [0.5, 0.6) is 0 Å². The Morgan fingerprint density at radius 2 is 2.08 bits per heavy atom. The maximum absolute atomic E-state index is 13.1. The van der Waals surface area contributed by atoms with Gasteiger partial charge in [0.25, 0.3) is 0 Å². The summed E-state index contributed by atoms with van der Waals surface area (Å²) in [4.78, 5) is 2.36. The van der Waals surface area contributed by atoms with Crippen LogP contribution in [-0.4, -0.2) is 37.3 Å². The lowest BCUT2D eigenvalue weighted by molar-refractivity contribution is 0.128. The van der Waals surface area contributed by atoms with Crippen LogP contribution < -0.4 is 5.73 Å². The van der Waals surface area contributed by atoms with Crippen molar-refractivity contribution in [1.82, 2.24) is 4.90 Å². The summed E-state index contributed by atoms with van der Waals surface area (Å²) in [5, 5.41) is 0. The van der Waals surface area contributed by atoms with Crippen molar-refractivity contribution < 1.29 is 4.39 Å². The third-order valence-electron chi connectivity index (χ3n) is 2.82. The summed E-state index contributed by atoms with van der Waals surface area (Å²) in [5.74, 6) is 0.220. The van der Waals surface area contributed by atoms with Gasteiger partial charge >= 0.3 is 0 Å². The molecule has 72 valence electrons. The van der Waals surface area contributed by atoms with Gasteiger partial charge in [-0.3, -0.25) is 0 Å². The van der Waals surface area contributed by atoms with Crippen molar-refractivity contribution >= 4 is 0 Å². The molecular formula is C9H19FN2. The summed E-state index contributed by atoms with van der Waals surface area (Å²) >= 11 is 0. The van der Waals surface area contributed by atoms with Gasteiger partial charge in [-0.15, -0.1) is 0 Å². The number of halogens is 1. The summed E-state index contributed by atoms with van der Waals surface area (Å²) in [7, 11) is 0. The molecule has 1 atom stereocenters. The van der Waals surface area contributed by atoms with Crippen LogP contribution in [0.4, 0.5) is 4.39 Å². The largest absolute Gasteiger partial charge is 0.328 e. The fraction of sp³-hybridized carbons (Fsp3) is 1.00. The van der Waals surface area contributed by atoms with Crippen LogP contribution in [0.3, 0.4) is 0 Å². The monoisotopic (exact) mass is 174 g/mol. The molecule has 1 fully saturated rings. The van der Waals surface area contributed by atoms with Gasteiger partial charge in [0, 0.05) is 6.54 Å². The first-order valence-corrected chi connectivity index (χ1v) is 4.84. The van der Waals surface area contributed by atoms with Crippen molar-refractivity contribution in [3.8, 4) is 0 Å². The Morgan fingerprint density at radius 1 is 1.50 bits per heavy atom. The molecule has 2 nitrogen and oxygen atoms in total. The van der Waals surface area contributed by atoms with Crippen LogP contribution in [0.15, 0.2) is 0 Å². The van der Waals surface area contributed by atoms with E-state index in [0.717, 1.165) is 32.5 Å². The van der Waals surface area contributed by atoms with E-state index >= 15 is 0 Å². The molecule has 0 aliphatic carbocycles. The van der Waals surface area contributed by atoms with E-state index in [1.165, 1.54) is 0 Å². The minimum Gasteiger partial charge on any atom is -0.328 e. The van der Waals surface area contributed by atoms with E-state index in [9.17, 15) is 4.39 Å². The second-order valence-electron chi connectivity index (χ2n) is 3.52. The molecule has 0 bridgehead atoms. The number of hydrogen-bond donors (Lipinski definition) is 1. The van der Waals surface area contributed by atoms with Crippen molar-refractivity contribution in [3.63, 3.8) is 0 Å². The molecule has 1 heterocycles. The molecule has 0 aromatic heterocycles. The number of rotatable bonds is 3. The lowest BCUT2D eigenvalue weighted by Gasteiger charge is -2.32. The molecule has 1 unspecified atom stereocenters. The van der Waals surface area contributed by atoms with Gasteiger partial charge in [-0.1, -0.05) is 6.92 Å². The van der Waals surface area contributed by atoms with Gasteiger partial charge in [0.2, 0.25) is 0 Å². The number of alkyl halides is 1. The third-order valence-corrected chi connectivity index (χ3v) is 2.82. The molecule has 0 spiro atoms. The molecule has 2 N–H and O–H groups in total. The predicted octanol–water partition coefficient (Wildman–Crippen LogP) is 1.02. The van der Waals surface area contributed by atoms with Crippen molar-refractivity contribution in [3.05, 3.63) is 0 Å². The third kappa shape index (κ3) is 2.42. The quantitative estimate of drug-likeness (QED) is 0.692. The van der Waals surface area contributed by atoms with E-state index in [1.807, 2.05) is 0 Å². The fourth-order valence-corrected chi connectivity index (χ4v) is 1.82. The van der Waals surface area contributed by atoms with Crippen molar-refractivity contribution in [1.29, 1.82) is 0 Å². The van der Waals surface area contributed by atoms with E-state index < -0.39 is 6.17 Å². The Kier molecular flexibility index (Phi) is 3.95. The van der Waals surface area contributed by atoms with Crippen molar-refractivity contribution in [2.24, 2.45) is 11.7 Å². The average molecular weight is 174 g/mol. The molecule has 1 aliphatic heterocycles. The number of nitrogens with two attached hydrogens (primary N) is 1. The van der Waals surface area contributed by atoms with Gasteiger partial charge in [0.05, 0.1) is 0 Å². The molecule has 1 aliphatic rings. The lowest BCUT2D eigenvalue weighted by Crippen LogP contribution is -2.38. The first-order chi connectivity index (χ1) is 5.77. The summed E-state index contributed by atoms with van der Waals surface area (Å²) in [6, 6.07) is 0. The zero-order valence-corrected chi connectivity index (χ0v) is 7.80. The van der Waals surface area contributed by atoms with E-state index in [-0.39, 0.29) is 12.5 Å². The van der Waals surface area contributed by atoms with Crippen LogP contribution in [0.1, 0.15) is 19.8 Å². The molecular weight excluding hydrogens is 155 g/mol. The van der Waals surface area contributed by atoms with Gasteiger partial charge in [-0.25, -0.2) is 4.39 Å². The van der Waals surface area contributed by atoms with Gasteiger partial charge < -0.3 is 10.6 Å². The summed E-state index contributed by atoms with van der Waals surface area (Å²) in [6.45, 7) is 5.52. The predicted molar refractivity (Wildman–Crippen MR) is 48.8 cm³/mol. The Morgan fingerprint density at radius 3 is 2.50 bits per heavy atom. The highest BCUT2D eigenvalue weighted by molar-refractivity contribution is 4.77. The standard InChI is InChI=1S/C9H19FN2/c1-2-12-5-3-8(4-6-12)9(10)7-11/h8-9H,2-7,11H2,1H3. The fourth-order valence-electron chi connectivity index (χ4n) is 1.82. The molecule has 0 radical (unpaired) electrons. The highest BCUT2D eigenvalue weighted by Crippen LogP contribution is 2.21. The first kappa shape index (κ1) is 9.93. The minimum absolute atomic E-state index is 0.191. The maximum atomic E-state index is 13.1. The second-order valence-corrected chi connectivity index (χ2v) is 3.52. The van der Waals surface area contributed by atoms with Crippen LogP contribution in [0.2, 0.25) is 0 Å². The molecule has 0 amide bonds. The molecule has 0 saturated carbocycles. The van der Waals surface area contributed by atoms with Gasteiger partial charge in [-0.05, 0) is 38.4 Å². The average Bonchev–Trinajstić information content (AvgIpc) is 2.17. The van der Waals surface area contributed by atoms with Crippen LogP contribution in [-0.2, 0) is 0 Å². The molecule has 0 aromatic rings. The van der Waals surface area contributed by atoms with Gasteiger partial charge in [0.15, 0.2) is 0 Å². The van der Waals surface area contributed by atoms with Crippen LogP contribution in [0, 0.1) is 5.92 Å². The van der Waals surface area contributed by atoms with E-state index in [0.29, 0.717) is 0 Å². The summed E-state index contributed by atoms with van der Waals surface area (Å²) < 4.78 is 13.1. The van der Waals surface area contributed by atoms with Gasteiger partial charge in [-0.2, -0.15) is 0 Å². The Balaban J connectivity index is 2.25. The van der Waals surface area contributed by atoms with Crippen molar-refractivity contribution in [2.75, 3.05) is 26.2 Å². The lowest BCUT2D eigenvalue weighted by atomic mass is 9.92. The van der Waals surface area contributed by atoms with Gasteiger partial charge in [0.1, 0.15) is 6.17 Å². The highest BCUT2D eigenvalue weighted by atomic mass is 19.1. The molecule has 3 heteroatoms. The SMILES string of the molecule is CCN1CCC(C(F)CN)CC1. The van der Waals surface area contributed by atoms with E-state index in [1.54, 1.807) is 0 Å². The van der Waals surface area contributed by atoms with Crippen molar-refractivity contribution in [2.45, 2.75) is 25.9 Å². The Hall–Kier alpha value is -0.150. The second kappa shape index (κ2) is 4.77. The van der Waals surface area contributed by atoms with E-state index in [4.69, 9.17) is 5.73 Å². The topological polar surface area (TPSA) is 29.3 Å². The number of hydrogen-bond acceptors (Lipinski definition) is 2. The highest BCUT2D eigenvalue weighted by Gasteiger charge is 2.24.